The van der Waals surface area contributed by atoms with E-state index < -0.39 is 0 Å². The standard InChI is InChI=1S/C24H21BrN2O2S/c1-14(2)29-21-11-7-17(13-19(21)25)23(28)26-18-8-5-16(6-9-18)24-27-20-10-4-15(3)12-22(20)30-24/h4-14H,1-3H3,(H,26,28). The lowest BCUT2D eigenvalue weighted by Crippen LogP contribution is -2.12. The average Bonchev–Trinajstić information content (AvgIpc) is 3.13. The average molecular weight is 481 g/mol. The van der Waals surface area contributed by atoms with Gasteiger partial charge in [-0.1, -0.05) is 6.07 Å². The third-order valence-corrected chi connectivity index (χ3v) is 6.18. The van der Waals surface area contributed by atoms with Crippen molar-refractivity contribution < 1.29 is 9.53 Å². The third kappa shape index (κ3) is 4.55. The van der Waals surface area contributed by atoms with Crippen LogP contribution in [0.15, 0.2) is 65.1 Å². The fourth-order valence-electron chi connectivity index (χ4n) is 3.05. The van der Waals surface area contributed by atoms with Crippen molar-refractivity contribution in [2.45, 2.75) is 26.9 Å². The molecule has 30 heavy (non-hydrogen) atoms. The lowest BCUT2D eigenvalue weighted by molar-refractivity contribution is 0.102. The van der Waals surface area contributed by atoms with E-state index in [9.17, 15) is 4.79 Å². The normalized spacial score (nSPS) is 11.1. The smallest absolute Gasteiger partial charge is 0.255 e. The van der Waals surface area contributed by atoms with Gasteiger partial charge in [-0.3, -0.25) is 4.79 Å². The van der Waals surface area contributed by atoms with Crippen molar-refractivity contribution in [3.63, 3.8) is 0 Å². The van der Waals surface area contributed by atoms with Crippen LogP contribution in [-0.2, 0) is 0 Å². The maximum Gasteiger partial charge on any atom is 0.255 e. The molecule has 0 saturated carbocycles. The van der Waals surface area contributed by atoms with E-state index in [1.165, 1.54) is 10.3 Å². The maximum absolute atomic E-state index is 12.6. The van der Waals surface area contributed by atoms with Crippen LogP contribution >= 0.6 is 27.3 Å². The van der Waals surface area contributed by atoms with E-state index in [2.05, 4.69) is 46.4 Å². The molecule has 0 aliphatic heterocycles. The van der Waals surface area contributed by atoms with Gasteiger partial charge >= 0.3 is 0 Å². The Kier molecular flexibility index (Phi) is 5.88. The Bertz CT molecular complexity index is 1220. The summed E-state index contributed by atoms with van der Waals surface area (Å²) in [5.74, 6) is 0.548. The van der Waals surface area contributed by atoms with E-state index in [4.69, 9.17) is 9.72 Å². The molecule has 0 spiro atoms. The van der Waals surface area contributed by atoms with E-state index >= 15 is 0 Å². The fourth-order valence-corrected chi connectivity index (χ4v) is 4.59. The lowest BCUT2D eigenvalue weighted by atomic mass is 10.1. The second kappa shape index (κ2) is 8.58. The number of rotatable bonds is 5. The molecule has 6 heteroatoms. The summed E-state index contributed by atoms with van der Waals surface area (Å²) in [4.78, 5) is 17.3. The number of ether oxygens (including phenoxy) is 1. The van der Waals surface area contributed by atoms with Crippen LogP contribution < -0.4 is 10.1 Å². The van der Waals surface area contributed by atoms with Gasteiger partial charge in [0.15, 0.2) is 0 Å². The third-order valence-electron chi connectivity index (χ3n) is 4.49. The first kappa shape index (κ1) is 20.6. The summed E-state index contributed by atoms with van der Waals surface area (Å²) in [5.41, 5.74) is 4.56. The number of benzene rings is 3. The van der Waals surface area contributed by atoms with Crippen molar-refractivity contribution in [3.8, 4) is 16.3 Å². The molecule has 1 heterocycles. The summed E-state index contributed by atoms with van der Waals surface area (Å²) < 4.78 is 7.63. The molecule has 4 nitrogen and oxygen atoms in total. The van der Waals surface area contributed by atoms with Gasteiger partial charge in [0.25, 0.3) is 5.91 Å². The maximum atomic E-state index is 12.6. The molecule has 0 radical (unpaired) electrons. The summed E-state index contributed by atoms with van der Waals surface area (Å²) in [6.45, 7) is 6.01. The second-order valence-corrected chi connectivity index (χ2v) is 9.22. The number of aryl methyl sites for hydroxylation is 1. The number of halogens is 1. The molecular formula is C24H21BrN2O2S. The molecule has 1 aromatic heterocycles. The van der Waals surface area contributed by atoms with Crippen LogP contribution in [0, 0.1) is 6.92 Å². The van der Waals surface area contributed by atoms with Gasteiger partial charge in [-0.25, -0.2) is 4.98 Å². The minimum atomic E-state index is -0.171. The number of amides is 1. The van der Waals surface area contributed by atoms with E-state index in [0.29, 0.717) is 5.56 Å². The topological polar surface area (TPSA) is 51.2 Å². The van der Waals surface area contributed by atoms with Gasteiger partial charge in [-0.2, -0.15) is 0 Å². The zero-order valence-corrected chi connectivity index (χ0v) is 19.3. The summed E-state index contributed by atoms with van der Waals surface area (Å²) >= 11 is 5.15. The number of fused-ring (bicyclic) bond motifs is 1. The SMILES string of the molecule is Cc1ccc2nc(-c3ccc(NC(=O)c4ccc(OC(C)C)c(Br)c4)cc3)sc2c1. The Balaban J connectivity index is 1.49. The largest absolute Gasteiger partial charge is 0.490 e. The molecule has 0 fully saturated rings. The van der Waals surface area contributed by atoms with Crippen LogP contribution in [0.3, 0.4) is 0 Å². The summed E-state index contributed by atoms with van der Waals surface area (Å²) in [6, 6.07) is 19.4. The molecule has 4 aromatic rings. The Morgan fingerprint density at radius 3 is 2.53 bits per heavy atom. The zero-order chi connectivity index (χ0) is 21.3. The number of hydrogen-bond donors (Lipinski definition) is 1. The molecule has 3 aromatic carbocycles. The highest BCUT2D eigenvalue weighted by Gasteiger charge is 2.11. The Hall–Kier alpha value is -2.70. The van der Waals surface area contributed by atoms with Crippen LogP contribution in [0.1, 0.15) is 29.8 Å². The number of carbonyl (C=O) groups is 1. The first-order chi connectivity index (χ1) is 14.4. The molecule has 0 atom stereocenters. The van der Waals surface area contributed by atoms with Crippen LogP contribution in [0.2, 0.25) is 0 Å². The molecule has 1 N–H and O–H groups in total. The molecule has 0 saturated heterocycles. The summed E-state index contributed by atoms with van der Waals surface area (Å²) in [5, 5.41) is 3.91. The predicted octanol–water partition coefficient (Wildman–Crippen LogP) is 7.07. The number of carbonyl (C=O) groups excluding carboxylic acids is 1. The molecule has 0 aliphatic rings. The number of thiazole rings is 1. The molecule has 1 amide bonds. The van der Waals surface area contributed by atoms with Crippen LogP contribution in [0.25, 0.3) is 20.8 Å². The highest BCUT2D eigenvalue weighted by molar-refractivity contribution is 9.10. The van der Waals surface area contributed by atoms with E-state index in [0.717, 1.165) is 32.0 Å². The van der Waals surface area contributed by atoms with Gasteiger partial charge < -0.3 is 10.1 Å². The van der Waals surface area contributed by atoms with Crippen molar-refractivity contribution in [2.75, 3.05) is 5.32 Å². The number of hydrogen-bond acceptors (Lipinski definition) is 4. The molecule has 152 valence electrons. The minimum Gasteiger partial charge on any atom is -0.490 e. The highest BCUT2D eigenvalue weighted by Crippen LogP contribution is 2.31. The monoisotopic (exact) mass is 480 g/mol. The van der Waals surface area contributed by atoms with Crippen molar-refractivity contribution in [2.24, 2.45) is 0 Å². The molecule has 0 unspecified atom stereocenters. The van der Waals surface area contributed by atoms with Gasteiger partial charge in [-0.15, -0.1) is 11.3 Å². The van der Waals surface area contributed by atoms with Crippen LogP contribution in [0.4, 0.5) is 5.69 Å². The lowest BCUT2D eigenvalue weighted by Gasteiger charge is -2.12. The summed E-state index contributed by atoms with van der Waals surface area (Å²) in [6.07, 6.45) is 0.0685. The number of aromatic nitrogens is 1. The van der Waals surface area contributed by atoms with Gasteiger partial charge in [0.05, 0.1) is 20.8 Å². The number of anilines is 1. The van der Waals surface area contributed by atoms with Gasteiger partial charge in [0, 0.05) is 16.8 Å². The Morgan fingerprint density at radius 2 is 1.83 bits per heavy atom. The van der Waals surface area contributed by atoms with E-state index in [1.807, 2.05) is 38.1 Å². The molecular weight excluding hydrogens is 460 g/mol. The van der Waals surface area contributed by atoms with Gasteiger partial charge in [0.2, 0.25) is 0 Å². The Morgan fingerprint density at radius 1 is 1.07 bits per heavy atom. The first-order valence-corrected chi connectivity index (χ1v) is 11.3. The quantitative estimate of drug-likeness (QED) is 0.332. The van der Waals surface area contributed by atoms with Gasteiger partial charge in [0.1, 0.15) is 10.8 Å². The van der Waals surface area contributed by atoms with E-state index in [1.54, 1.807) is 29.5 Å². The van der Waals surface area contributed by atoms with Crippen LogP contribution in [-0.4, -0.2) is 17.0 Å². The second-order valence-electron chi connectivity index (χ2n) is 7.33. The highest BCUT2D eigenvalue weighted by atomic mass is 79.9. The minimum absolute atomic E-state index is 0.0685. The molecule has 0 bridgehead atoms. The number of nitrogens with one attached hydrogen (secondary N) is 1. The predicted molar refractivity (Wildman–Crippen MR) is 128 cm³/mol. The van der Waals surface area contributed by atoms with E-state index in [-0.39, 0.29) is 12.0 Å². The molecule has 0 aliphatic carbocycles. The van der Waals surface area contributed by atoms with Crippen molar-refractivity contribution in [3.05, 3.63) is 76.3 Å². The van der Waals surface area contributed by atoms with Crippen molar-refractivity contribution in [1.82, 2.24) is 4.98 Å². The van der Waals surface area contributed by atoms with Crippen molar-refractivity contribution in [1.29, 1.82) is 0 Å². The van der Waals surface area contributed by atoms with Crippen molar-refractivity contribution >= 4 is 49.1 Å². The molecule has 4 rings (SSSR count). The summed E-state index contributed by atoms with van der Waals surface area (Å²) in [7, 11) is 0. The number of nitrogens with zero attached hydrogens (tertiary/aromatic N) is 1. The Labute approximate surface area is 188 Å². The van der Waals surface area contributed by atoms with Crippen LogP contribution in [0.5, 0.6) is 5.75 Å². The zero-order valence-electron chi connectivity index (χ0n) is 16.9. The van der Waals surface area contributed by atoms with Gasteiger partial charge in [-0.05, 0) is 96.9 Å². The first-order valence-electron chi connectivity index (χ1n) is 9.64. The fraction of sp³-hybridized carbons (Fsp3) is 0.167.